The predicted octanol–water partition coefficient (Wildman–Crippen LogP) is 4.48. The fourth-order valence-corrected chi connectivity index (χ4v) is 3.18. The fourth-order valence-electron chi connectivity index (χ4n) is 2.54. The minimum absolute atomic E-state index is 0.0688. The zero-order valence-electron chi connectivity index (χ0n) is 13.9. The lowest BCUT2D eigenvalue weighted by Crippen LogP contribution is -2.39. The van der Waals surface area contributed by atoms with Gasteiger partial charge in [-0.2, -0.15) is 5.10 Å². The summed E-state index contributed by atoms with van der Waals surface area (Å²) in [6.07, 6.45) is 1.88. The normalized spacial score (nSPS) is 12.3. The van der Waals surface area contributed by atoms with Gasteiger partial charge < -0.3 is 0 Å². The molecule has 0 N–H and O–H groups in total. The molecular weight excluding hydrogens is 392 g/mol. The highest BCUT2D eigenvalue weighted by molar-refractivity contribution is 6.48. The zero-order valence-corrected chi connectivity index (χ0v) is 16.2. The van der Waals surface area contributed by atoms with Gasteiger partial charge in [-0.1, -0.05) is 34.8 Å². The van der Waals surface area contributed by atoms with E-state index in [1.165, 1.54) is 23.1 Å². The van der Waals surface area contributed by atoms with Crippen molar-refractivity contribution in [2.75, 3.05) is 7.11 Å². The Morgan fingerprint density at radius 2 is 1.96 bits per heavy atom. The van der Waals surface area contributed by atoms with Crippen LogP contribution < -0.4 is 0 Å². The lowest BCUT2D eigenvalue weighted by Gasteiger charge is -2.26. The van der Waals surface area contributed by atoms with E-state index in [1.807, 2.05) is 0 Å². The van der Waals surface area contributed by atoms with Gasteiger partial charge in [-0.05, 0) is 31.0 Å². The van der Waals surface area contributed by atoms with Crippen LogP contribution in [0.1, 0.15) is 28.5 Å². The minimum Gasteiger partial charge on any atom is -0.275 e. The second-order valence-electron chi connectivity index (χ2n) is 5.54. The summed E-state index contributed by atoms with van der Waals surface area (Å²) < 4.78 is 14.5. The molecule has 1 unspecified atom stereocenters. The van der Waals surface area contributed by atoms with Crippen molar-refractivity contribution in [3.63, 3.8) is 0 Å². The van der Waals surface area contributed by atoms with E-state index in [9.17, 15) is 9.18 Å². The Hall–Kier alpha value is -1.34. The average Bonchev–Trinajstić information content (AvgIpc) is 2.94. The first-order chi connectivity index (χ1) is 11.8. The largest absolute Gasteiger partial charge is 0.281 e. The molecule has 2 aromatic rings. The van der Waals surface area contributed by atoms with E-state index in [0.29, 0.717) is 16.5 Å². The first-order valence-electron chi connectivity index (χ1n) is 7.38. The Balaban J connectivity index is 2.23. The first kappa shape index (κ1) is 20.0. The van der Waals surface area contributed by atoms with Crippen LogP contribution in [0.15, 0.2) is 18.3 Å². The maximum atomic E-state index is 13.1. The second-order valence-corrected chi connectivity index (χ2v) is 6.73. The number of aryl methyl sites for hydroxylation is 1. The van der Waals surface area contributed by atoms with Crippen molar-refractivity contribution in [1.29, 1.82) is 0 Å². The molecule has 0 saturated carbocycles. The summed E-state index contributed by atoms with van der Waals surface area (Å²) in [7, 11) is 3.00. The third-order valence-electron chi connectivity index (χ3n) is 3.63. The molecule has 0 aliphatic rings. The molecule has 0 radical (unpaired) electrons. The number of amides is 1. The van der Waals surface area contributed by atoms with Crippen molar-refractivity contribution < 1.29 is 14.0 Å². The van der Waals surface area contributed by atoms with Gasteiger partial charge in [0.1, 0.15) is 12.4 Å². The van der Waals surface area contributed by atoms with Crippen LogP contribution in [-0.4, -0.2) is 33.9 Å². The highest BCUT2D eigenvalue weighted by Gasteiger charge is 2.26. The molecule has 1 aromatic carbocycles. The Morgan fingerprint density at radius 1 is 1.36 bits per heavy atom. The Labute approximate surface area is 160 Å². The van der Waals surface area contributed by atoms with Crippen molar-refractivity contribution in [3.05, 3.63) is 50.2 Å². The number of alkyl halides is 1. The molecule has 0 aliphatic carbocycles. The van der Waals surface area contributed by atoms with Crippen LogP contribution in [0.3, 0.4) is 0 Å². The number of hydrogen-bond acceptors (Lipinski definition) is 3. The Bertz CT molecular complexity index is 759. The van der Waals surface area contributed by atoms with Gasteiger partial charge >= 0.3 is 0 Å². The molecule has 5 nitrogen and oxygen atoms in total. The summed E-state index contributed by atoms with van der Waals surface area (Å²) in [6, 6.07) is 3.00. The highest BCUT2D eigenvalue weighted by Crippen LogP contribution is 2.32. The van der Waals surface area contributed by atoms with Gasteiger partial charge in [-0.3, -0.25) is 14.3 Å². The summed E-state index contributed by atoms with van der Waals surface area (Å²) >= 11 is 18.0. The van der Waals surface area contributed by atoms with E-state index >= 15 is 0 Å². The van der Waals surface area contributed by atoms with Crippen molar-refractivity contribution >= 4 is 40.7 Å². The van der Waals surface area contributed by atoms with Gasteiger partial charge in [0.25, 0.3) is 5.91 Å². The number of carbonyl (C=O) groups is 1. The average molecular weight is 409 g/mol. The van der Waals surface area contributed by atoms with Crippen LogP contribution in [0.5, 0.6) is 0 Å². The number of halogens is 4. The quantitative estimate of drug-likeness (QED) is 0.523. The molecule has 1 atom stereocenters. The minimum atomic E-state index is -0.837. The number of carbonyl (C=O) groups excluding carboxylic acids is 1. The van der Waals surface area contributed by atoms with Gasteiger partial charge in [-0.25, -0.2) is 9.45 Å². The van der Waals surface area contributed by atoms with Crippen molar-refractivity contribution in [1.82, 2.24) is 14.8 Å². The van der Waals surface area contributed by atoms with Crippen LogP contribution in [0.4, 0.5) is 4.39 Å². The highest BCUT2D eigenvalue weighted by atomic mass is 35.5. The molecule has 2 rings (SSSR count). The molecule has 1 heterocycles. The number of aromatic nitrogens is 2. The molecular formula is C16H17Cl3FN3O2. The van der Waals surface area contributed by atoms with E-state index < -0.39 is 12.6 Å². The summed E-state index contributed by atoms with van der Waals surface area (Å²) in [6.45, 7) is 0.958. The second kappa shape index (κ2) is 8.36. The van der Waals surface area contributed by atoms with Gasteiger partial charge in [0.2, 0.25) is 0 Å². The fraction of sp³-hybridized carbons (Fsp3) is 0.375. The molecule has 0 saturated heterocycles. The van der Waals surface area contributed by atoms with Crippen molar-refractivity contribution in [2.45, 2.75) is 26.1 Å². The van der Waals surface area contributed by atoms with E-state index in [0.717, 1.165) is 5.56 Å². The Kier molecular flexibility index (Phi) is 6.68. The Morgan fingerprint density at radius 3 is 2.48 bits per heavy atom. The predicted molar refractivity (Wildman–Crippen MR) is 95.8 cm³/mol. The van der Waals surface area contributed by atoms with Gasteiger partial charge in [0, 0.05) is 13.2 Å². The van der Waals surface area contributed by atoms with Crippen molar-refractivity contribution in [3.8, 4) is 0 Å². The third kappa shape index (κ3) is 4.44. The molecule has 25 heavy (non-hydrogen) atoms. The van der Waals surface area contributed by atoms with Crippen molar-refractivity contribution in [2.24, 2.45) is 7.05 Å². The zero-order chi connectivity index (χ0) is 18.7. The summed E-state index contributed by atoms with van der Waals surface area (Å²) in [5.41, 5.74) is 1.02. The smallest absolute Gasteiger partial charge is 0.275 e. The molecule has 0 fully saturated rings. The lowest BCUT2D eigenvalue weighted by molar-refractivity contribution is -0.119. The molecule has 9 heteroatoms. The number of nitrogens with zero attached hydrogens (tertiary/aromatic N) is 3. The topological polar surface area (TPSA) is 47.4 Å². The van der Waals surface area contributed by atoms with Gasteiger partial charge in [-0.15, -0.1) is 0 Å². The maximum absolute atomic E-state index is 13.1. The molecule has 1 aromatic heterocycles. The van der Waals surface area contributed by atoms with E-state index in [-0.39, 0.29) is 22.3 Å². The van der Waals surface area contributed by atoms with Crippen LogP contribution >= 0.6 is 34.8 Å². The number of rotatable bonds is 6. The summed E-state index contributed by atoms with van der Waals surface area (Å²) in [5.74, 6) is -0.470. The third-order valence-corrected chi connectivity index (χ3v) is 4.83. The van der Waals surface area contributed by atoms with Crippen LogP contribution in [0.25, 0.3) is 0 Å². The first-order valence-corrected chi connectivity index (χ1v) is 8.51. The molecule has 0 bridgehead atoms. The molecule has 1 amide bonds. The molecule has 136 valence electrons. The summed E-state index contributed by atoms with van der Waals surface area (Å²) in [4.78, 5) is 17.9. The van der Waals surface area contributed by atoms with Crippen LogP contribution in [0, 0.1) is 0 Å². The van der Waals surface area contributed by atoms with Gasteiger partial charge in [0.15, 0.2) is 0 Å². The van der Waals surface area contributed by atoms with Crippen LogP contribution in [-0.2, 0) is 25.0 Å². The number of hydrogen-bond donors (Lipinski definition) is 0. The van der Waals surface area contributed by atoms with E-state index in [2.05, 4.69) is 5.10 Å². The number of benzene rings is 1. The van der Waals surface area contributed by atoms with Gasteiger partial charge in [0.05, 0.1) is 33.8 Å². The lowest BCUT2D eigenvalue weighted by atomic mass is 10.1. The van der Waals surface area contributed by atoms with E-state index in [1.54, 1.807) is 26.1 Å². The number of hydroxylamine groups is 2. The standard InChI is InChI=1S/C16H17Cl3FN3O2/c1-9(4-10-5-12(17)15(19)13(18)6-10)23(25-3)16(24)11-8-22(2)21-14(11)7-20/h5-6,8-9H,4,7H2,1-3H3. The molecule has 0 aliphatic heterocycles. The SMILES string of the molecule is CON(C(=O)c1cn(C)nc1CF)C(C)Cc1cc(Cl)c(Cl)c(Cl)c1. The molecule has 0 spiro atoms. The van der Waals surface area contributed by atoms with Crippen LogP contribution in [0.2, 0.25) is 15.1 Å². The maximum Gasteiger partial charge on any atom is 0.281 e. The monoisotopic (exact) mass is 407 g/mol. The van der Waals surface area contributed by atoms with E-state index in [4.69, 9.17) is 39.6 Å². The summed E-state index contributed by atoms with van der Waals surface area (Å²) in [5, 5.41) is 6.05.